The van der Waals surface area contributed by atoms with Crippen molar-refractivity contribution in [3.05, 3.63) is 17.5 Å². The summed E-state index contributed by atoms with van der Waals surface area (Å²) in [5.74, 6) is 0.456. The van der Waals surface area contributed by atoms with Crippen molar-refractivity contribution in [2.24, 2.45) is 7.05 Å². The molecular weight excluding hydrogens is 288 g/mol. The number of nitrogens with zero attached hydrogens (tertiary/aromatic N) is 2. The van der Waals surface area contributed by atoms with E-state index in [-0.39, 0.29) is 16.8 Å². The van der Waals surface area contributed by atoms with Crippen LogP contribution in [0.25, 0.3) is 0 Å². The lowest BCUT2D eigenvalue weighted by Crippen LogP contribution is -2.40. The molecule has 0 bridgehead atoms. The van der Waals surface area contributed by atoms with Crippen LogP contribution >= 0.6 is 0 Å². The second-order valence-electron chi connectivity index (χ2n) is 6.13. The molecule has 1 heterocycles. The second kappa shape index (κ2) is 7.06. The Balaban J connectivity index is 2.41. The highest BCUT2D eigenvalue weighted by Gasteiger charge is 2.19. The van der Waals surface area contributed by atoms with E-state index >= 15 is 0 Å². The average molecular weight is 314 g/mol. The predicted molar refractivity (Wildman–Crippen MR) is 85.7 cm³/mol. The summed E-state index contributed by atoms with van der Waals surface area (Å²) < 4.78 is 13.3. The standard InChI is InChI=1S/C14H26N4O2S/c1-10(12-9-18(6)17-11(12)2)16-13(19)15-7-8-21(20)14(3,4)5/h9-10H,7-8H2,1-6H3,(H2,15,16,19). The summed E-state index contributed by atoms with van der Waals surface area (Å²) in [6.45, 7) is 10.0. The van der Waals surface area contributed by atoms with E-state index in [1.165, 1.54) is 0 Å². The smallest absolute Gasteiger partial charge is 0.315 e. The highest BCUT2D eigenvalue weighted by atomic mass is 32.2. The minimum atomic E-state index is -0.959. The Morgan fingerprint density at radius 3 is 2.57 bits per heavy atom. The van der Waals surface area contributed by atoms with Gasteiger partial charge >= 0.3 is 6.03 Å². The zero-order valence-electron chi connectivity index (χ0n) is 13.7. The maximum Gasteiger partial charge on any atom is 0.315 e. The van der Waals surface area contributed by atoms with Crippen LogP contribution in [0, 0.1) is 6.92 Å². The molecule has 21 heavy (non-hydrogen) atoms. The summed E-state index contributed by atoms with van der Waals surface area (Å²) >= 11 is 0. The van der Waals surface area contributed by atoms with Crippen LogP contribution < -0.4 is 10.6 Å². The van der Waals surface area contributed by atoms with Gasteiger partial charge in [-0.1, -0.05) is 0 Å². The predicted octanol–water partition coefficient (Wildman–Crippen LogP) is 1.64. The van der Waals surface area contributed by atoms with Crippen LogP contribution in [0.3, 0.4) is 0 Å². The maximum atomic E-state index is 11.9. The third-order valence-electron chi connectivity index (χ3n) is 3.12. The van der Waals surface area contributed by atoms with Gasteiger partial charge in [0, 0.05) is 46.7 Å². The van der Waals surface area contributed by atoms with Crippen LogP contribution in [0.1, 0.15) is 45.0 Å². The molecule has 0 aliphatic carbocycles. The molecule has 0 spiro atoms. The van der Waals surface area contributed by atoms with Gasteiger partial charge in [0.1, 0.15) is 0 Å². The van der Waals surface area contributed by atoms with Gasteiger partial charge in [0.25, 0.3) is 0 Å². The molecule has 0 aliphatic heterocycles. The second-order valence-corrected chi connectivity index (χ2v) is 8.45. The first-order chi connectivity index (χ1) is 9.61. The van der Waals surface area contributed by atoms with Crippen molar-refractivity contribution in [3.8, 4) is 0 Å². The van der Waals surface area contributed by atoms with Crippen molar-refractivity contribution in [3.63, 3.8) is 0 Å². The normalized spacial score (nSPS) is 14.6. The highest BCUT2D eigenvalue weighted by molar-refractivity contribution is 7.86. The number of hydrogen-bond donors (Lipinski definition) is 2. The number of rotatable bonds is 5. The summed E-state index contributed by atoms with van der Waals surface area (Å²) in [5.41, 5.74) is 1.89. The molecular formula is C14H26N4O2S. The molecule has 2 amide bonds. The topological polar surface area (TPSA) is 76.0 Å². The number of aryl methyl sites for hydroxylation is 2. The van der Waals surface area contributed by atoms with Crippen LogP contribution in [0.4, 0.5) is 4.79 Å². The van der Waals surface area contributed by atoms with E-state index in [0.29, 0.717) is 12.3 Å². The lowest BCUT2D eigenvalue weighted by Gasteiger charge is -2.18. The van der Waals surface area contributed by atoms with Crippen LogP contribution in [0.15, 0.2) is 6.20 Å². The molecule has 0 saturated heterocycles. The maximum absolute atomic E-state index is 11.9. The molecule has 7 heteroatoms. The van der Waals surface area contributed by atoms with E-state index in [0.717, 1.165) is 11.3 Å². The van der Waals surface area contributed by atoms with E-state index in [4.69, 9.17) is 0 Å². The van der Waals surface area contributed by atoms with E-state index in [9.17, 15) is 9.00 Å². The summed E-state index contributed by atoms with van der Waals surface area (Å²) in [4.78, 5) is 11.8. The molecule has 1 rings (SSSR count). The van der Waals surface area contributed by atoms with E-state index in [1.807, 2.05) is 47.9 Å². The third kappa shape index (κ3) is 5.49. The number of carbonyl (C=O) groups excluding carboxylic acids is 1. The first-order valence-electron chi connectivity index (χ1n) is 7.04. The number of aromatic nitrogens is 2. The molecule has 0 fully saturated rings. The Kier molecular flexibility index (Phi) is 5.95. The van der Waals surface area contributed by atoms with Crippen LogP contribution in [-0.4, -0.2) is 37.1 Å². The van der Waals surface area contributed by atoms with Crippen molar-refractivity contribution in [1.29, 1.82) is 0 Å². The van der Waals surface area contributed by atoms with Gasteiger partial charge < -0.3 is 10.6 Å². The summed E-state index contributed by atoms with van der Waals surface area (Å²) in [6, 6.07) is -0.372. The van der Waals surface area contributed by atoms with E-state index in [2.05, 4.69) is 15.7 Å². The number of amides is 2. The van der Waals surface area contributed by atoms with Crippen molar-refractivity contribution in [2.75, 3.05) is 12.3 Å². The monoisotopic (exact) mass is 314 g/mol. The van der Waals surface area contributed by atoms with Gasteiger partial charge in [-0.25, -0.2) is 4.79 Å². The van der Waals surface area contributed by atoms with Gasteiger partial charge in [-0.15, -0.1) is 0 Å². The molecule has 2 N–H and O–H groups in total. The first-order valence-corrected chi connectivity index (χ1v) is 8.36. The molecule has 0 aliphatic rings. The Hall–Kier alpha value is -1.37. The quantitative estimate of drug-likeness (QED) is 0.867. The summed E-state index contributed by atoms with van der Waals surface area (Å²) in [5, 5.41) is 9.86. The van der Waals surface area contributed by atoms with E-state index < -0.39 is 10.8 Å². The van der Waals surface area contributed by atoms with Gasteiger partial charge in [-0.05, 0) is 34.6 Å². The van der Waals surface area contributed by atoms with Gasteiger partial charge in [-0.2, -0.15) is 5.10 Å². The minimum Gasteiger partial charge on any atom is -0.337 e. The molecule has 1 aromatic rings. The Bertz CT molecular complexity index is 520. The van der Waals surface area contributed by atoms with Crippen molar-refractivity contribution in [1.82, 2.24) is 20.4 Å². The highest BCUT2D eigenvalue weighted by Crippen LogP contribution is 2.15. The molecule has 0 saturated carbocycles. The third-order valence-corrected chi connectivity index (χ3v) is 5.06. The fourth-order valence-electron chi connectivity index (χ4n) is 1.93. The number of hydrogen-bond acceptors (Lipinski definition) is 3. The molecule has 6 nitrogen and oxygen atoms in total. The van der Waals surface area contributed by atoms with Gasteiger partial charge in [0.05, 0.1) is 11.7 Å². The fraction of sp³-hybridized carbons (Fsp3) is 0.714. The lowest BCUT2D eigenvalue weighted by atomic mass is 10.1. The number of nitrogens with one attached hydrogen (secondary N) is 2. The van der Waals surface area contributed by atoms with Crippen molar-refractivity contribution < 1.29 is 9.00 Å². The summed E-state index contributed by atoms with van der Waals surface area (Å²) in [7, 11) is 0.894. The SMILES string of the molecule is Cc1nn(C)cc1C(C)NC(=O)NCCS(=O)C(C)(C)C. The minimum absolute atomic E-state index is 0.119. The molecule has 2 atom stereocenters. The molecule has 1 aromatic heterocycles. The first kappa shape index (κ1) is 17.7. The van der Waals surface area contributed by atoms with Crippen LogP contribution in [0.2, 0.25) is 0 Å². The van der Waals surface area contributed by atoms with Crippen LogP contribution in [-0.2, 0) is 17.8 Å². The van der Waals surface area contributed by atoms with Crippen LogP contribution in [0.5, 0.6) is 0 Å². The zero-order valence-corrected chi connectivity index (χ0v) is 14.5. The van der Waals surface area contributed by atoms with Gasteiger partial charge in [0.2, 0.25) is 0 Å². The van der Waals surface area contributed by atoms with Crippen molar-refractivity contribution >= 4 is 16.8 Å². The lowest BCUT2D eigenvalue weighted by molar-refractivity contribution is 0.238. The number of carbonyl (C=O) groups is 1. The molecule has 0 radical (unpaired) electrons. The van der Waals surface area contributed by atoms with Gasteiger partial charge in [0.15, 0.2) is 0 Å². The van der Waals surface area contributed by atoms with Crippen molar-refractivity contribution in [2.45, 2.75) is 45.4 Å². The number of urea groups is 1. The zero-order chi connectivity index (χ0) is 16.2. The molecule has 0 aromatic carbocycles. The molecule has 120 valence electrons. The molecule has 2 unspecified atom stereocenters. The largest absolute Gasteiger partial charge is 0.337 e. The summed E-state index contributed by atoms with van der Waals surface area (Å²) in [6.07, 6.45) is 1.90. The van der Waals surface area contributed by atoms with Gasteiger partial charge in [-0.3, -0.25) is 8.89 Å². The Morgan fingerprint density at radius 1 is 1.48 bits per heavy atom. The fourth-order valence-corrected chi connectivity index (χ4v) is 2.83. The Labute approximate surface area is 129 Å². The van der Waals surface area contributed by atoms with E-state index in [1.54, 1.807) is 4.68 Å². The average Bonchev–Trinajstić information content (AvgIpc) is 2.67. The Morgan fingerprint density at radius 2 is 2.10 bits per heavy atom.